The molecule has 0 saturated carbocycles. The van der Waals surface area contributed by atoms with Gasteiger partial charge in [-0.05, 0) is 42.3 Å². The molecule has 2 heterocycles. The molecule has 4 rings (SSSR count). The molecule has 0 bridgehead atoms. The van der Waals surface area contributed by atoms with Crippen LogP contribution in [0.4, 0.5) is 35.2 Å². The molecule has 0 saturated heterocycles. The number of nitrogens with zero attached hydrogens (tertiary/aromatic N) is 7. The minimum Gasteiger partial charge on any atom is -0.467 e. The third-order valence-electron chi connectivity index (χ3n) is 6.37. The molecule has 2 aromatic heterocycles. The van der Waals surface area contributed by atoms with Gasteiger partial charge in [0.15, 0.2) is 0 Å². The zero-order chi connectivity index (χ0) is 35.6. The molecule has 0 amide bonds. The highest BCUT2D eigenvalue weighted by Crippen LogP contribution is 2.26. The third-order valence-corrected chi connectivity index (χ3v) is 8.00. The van der Waals surface area contributed by atoms with E-state index >= 15 is 0 Å². The number of aliphatic hydroxyl groups excluding tert-OH is 2. The van der Waals surface area contributed by atoms with E-state index in [0.29, 0.717) is 17.1 Å². The fraction of sp³-hybridized carbons (Fsp3) is 0.286. The highest BCUT2D eigenvalue weighted by molar-refractivity contribution is 7.86. The summed E-state index contributed by atoms with van der Waals surface area (Å²) in [6.45, 7) is 1.33. The summed E-state index contributed by atoms with van der Waals surface area (Å²) in [5.74, 6) is 0.246. The number of aliphatic hydroxyl groups is 2. The lowest BCUT2D eigenvalue weighted by Crippen LogP contribution is -2.31. The van der Waals surface area contributed by atoms with Crippen molar-refractivity contribution in [2.75, 3.05) is 66.6 Å². The SMILES string of the molecule is COc1nc(Nc2ccc(/C=C/c3ccc(Nc4nc(C)nc(NCCS(=O)(=O)O)n4)cc3)c(S(=O)(=O)O)c2)nc(N(CCO)CCO)n1. The maximum absolute atomic E-state index is 12.3. The van der Waals surface area contributed by atoms with Crippen molar-refractivity contribution in [2.45, 2.75) is 11.8 Å². The van der Waals surface area contributed by atoms with Crippen LogP contribution in [0.2, 0.25) is 0 Å². The summed E-state index contributed by atoms with van der Waals surface area (Å²) in [5.41, 5.74) is 1.71. The average Bonchev–Trinajstić information content (AvgIpc) is 3.03. The van der Waals surface area contributed by atoms with Crippen molar-refractivity contribution in [1.29, 1.82) is 0 Å². The van der Waals surface area contributed by atoms with Crippen LogP contribution in [0.15, 0.2) is 47.4 Å². The Balaban J connectivity index is 1.50. The highest BCUT2D eigenvalue weighted by Gasteiger charge is 2.18. The van der Waals surface area contributed by atoms with E-state index in [1.165, 1.54) is 30.2 Å². The summed E-state index contributed by atoms with van der Waals surface area (Å²) in [7, 11) is -7.47. The molecule has 4 aromatic rings. The van der Waals surface area contributed by atoms with Crippen molar-refractivity contribution in [3.05, 3.63) is 59.4 Å². The van der Waals surface area contributed by atoms with Gasteiger partial charge in [0, 0.05) is 31.0 Å². The van der Waals surface area contributed by atoms with Gasteiger partial charge in [0.25, 0.3) is 20.2 Å². The van der Waals surface area contributed by atoms with Crippen molar-refractivity contribution in [1.82, 2.24) is 29.9 Å². The fourth-order valence-corrected chi connectivity index (χ4v) is 5.26. The number of methoxy groups -OCH3 is 1. The molecule has 0 aliphatic carbocycles. The van der Waals surface area contributed by atoms with Crippen molar-refractivity contribution >= 4 is 67.6 Å². The number of nitrogens with one attached hydrogen (secondary N) is 3. The van der Waals surface area contributed by atoms with Crippen molar-refractivity contribution in [3.63, 3.8) is 0 Å². The first-order chi connectivity index (χ1) is 23.3. The van der Waals surface area contributed by atoms with Crippen LogP contribution >= 0.6 is 0 Å². The predicted octanol–water partition coefficient (Wildman–Crippen LogP) is 1.37. The minimum absolute atomic E-state index is 0.0158. The summed E-state index contributed by atoms with van der Waals surface area (Å²) >= 11 is 0. The Hall–Kier alpha value is -5.06. The second kappa shape index (κ2) is 16.4. The average molecular weight is 719 g/mol. The summed E-state index contributed by atoms with van der Waals surface area (Å²) in [5, 5.41) is 27.3. The molecule has 0 unspecified atom stereocenters. The molecule has 0 spiro atoms. The standard InChI is InChI=1S/C28H34N10O9S2/c1-18-30-24(29-11-16-48(41,42)43)34-25(31-18)32-21-8-4-19(5-9-21)3-6-20-7-10-22(17-23(20)49(44,45)46)33-26-35-27(37-28(36-26)47-2)38(12-14-39)13-15-40/h3-10,17,39-40H,11-16H2,1-2H3,(H,41,42,43)(H,44,45,46)(H,33,35,36,37)(H2,29,30,31,32,34)/b6-3+. The van der Waals surface area contributed by atoms with Crippen LogP contribution in [0.25, 0.3) is 12.2 Å². The Labute approximate surface area is 281 Å². The number of benzene rings is 2. The maximum atomic E-state index is 12.3. The van der Waals surface area contributed by atoms with Gasteiger partial charge in [-0.3, -0.25) is 9.11 Å². The van der Waals surface area contributed by atoms with E-state index in [2.05, 4.69) is 45.9 Å². The second-order valence-corrected chi connectivity index (χ2v) is 13.0. The van der Waals surface area contributed by atoms with Crippen LogP contribution in [0.5, 0.6) is 6.01 Å². The lowest BCUT2D eigenvalue weighted by atomic mass is 10.1. The molecule has 7 N–H and O–H groups in total. The van der Waals surface area contributed by atoms with E-state index in [4.69, 9.17) is 9.29 Å². The van der Waals surface area contributed by atoms with Crippen molar-refractivity contribution in [2.24, 2.45) is 0 Å². The molecule has 49 heavy (non-hydrogen) atoms. The number of hydrogen-bond acceptors (Lipinski definition) is 17. The Morgan fingerprint density at radius 3 is 2.06 bits per heavy atom. The van der Waals surface area contributed by atoms with Gasteiger partial charge >= 0.3 is 6.01 Å². The van der Waals surface area contributed by atoms with Gasteiger partial charge in [-0.2, -0.15) is 46.7 Å². The molecule has 19 nitrogen and oxygen atoms in total. The van der Waals surface area contributed by atoms with Crippen LogP contribution in [0.1, 0.15) is 17.0 Å². The van der Waals surface area contributed by atoms with Crippen LogP contribution in [0, 0.1) is 6.92 Å². The quantitative estimate of drug-likeness (QED) is 0.0599. The zero-order valence-electron chi connectivity index (χ0n) is 26.2. The Morgan fingerprint density at radius 2 is 1.43 bits per heavy atom. The second-order valence-electron chi connectivity index (χ2n) is 10.1. The first-order valence-electron chi connectivity index (χ1n) is 14.4. The molecule has 262 valence electrons. The summed E-state index contributed by atoms with van der Waals surface area (Å²) in [6.07, 6.45) is 3.16. The van der Waals surface area contributed by atoms with Crippen molar-refractivity contribution in [3.8, 4) is 6.01 Å². The molecular formula is C28H34N10O9S2. The van der Waals surface area contributed by atoms with Crippen LogP contribution in [0.3, 0.4) is 0 Å². The highest BCUT2D eigenvalue weighted by atomic mass is 32.2. The minimum atomic E-state index is -4.67. The summed E-state index contributed by atoms with van der Waals surface area (Å²) < 4.78 is 70.6. The van der Waals surface area contributed by atoms with Gasteiger partial charge in [-0.25, -0.2) is 0 Å². The van der Waals surface area contributed by atoms with Crippen molar-refractivity contribution < 1.29 is 40.9 Å². The van der Waals surface area contributed by atoms with Gasteiger partial charge in [-0.1, -0.05) is 30.4 Å². The summed E-state index contributed by atoms with van der Waals surface area (Å²) in [6, 6.07) is 11.1. The predicted molar refractivity (Wildman–Crippen MR) is 180 cm³/mol. The lowest BCUT2D eigenvalue weighted by Gasteiger charge is -2.21. The molecule has 0 aliphatic rings. The number of anilines is 6. The largest absolute Gasteiger partial charge is 0.467 e. The molecular weight excluding hydrogens is 685 g/mol. The van der Waals surface area contributed by atoms with E-state index in [1.54, 1.807) is 43.3 Å². The zero-order valence-corrected chi connectivity index (χ0v) is 27.8. The fourth-order valence-electron chi connectivity index (χ4n) is 4.19. The van der Waals surface area contributed by atoms with Gasteiger partial charge in [0.2, 0.25) is 23.8 Å². The number of hydrogen-bond donors (Lipinski definition) is 7. The molecule has 21 heteroatoms. The Kier molecular flexibility index (Phi) is 12.3. The third kappa shape index (κ3) is 11.3. The molecule has 0 fully saturated rings. The Morgan fingerprint density at radius 1 is 0.796 bits per heavy atom. The van der Waals surface area contributed by atoms with E-state index in [1.807, 2.05) is 0 Å². The van der Waals surface area contributed by atoms with Crippen LogP contribution in [-0.4, -0.2) is 112 Å². The molecule has 2 aromatic carbocycles. The maximum Gasteiger partial charge on any atom is 0.322 e. The topological polar surface area (TPSA) is 275 Å². The van der Waals surface area contributed by atoms with E-state index in [9.17, 15) is 31.6 Å². The monoisotopic (exact) mass is 718 g/mol. The normalized spacial score (nSPS) is 11.8. The smallest absolute Gasteiger partial charge is 0.322 e. The van der Waals surface area contributed by atoms with Crippen LogP contribution < -0.4 is 25.6 Å². The summed E-state index contributed by atoms with van der Waals surface area (Å²) in [4.78, 5) is 26.2. The number of rotatable bonds is 17. The molecule has 0 atom stereocenters. The number of aromatic nitrogens is 6. The first-order valence-corrected chi connectivity index (χ1v) is 17.4. The van der Waals surface area contributed by atoms with E-state index < -0.39 is 26.0 Å². The van der Waals surface area contributed by atoms with Gasteiger partial charge in [0.1, 0.15) is 10.7 Å². The van der Waals surface area contributed by atoms with Gasteiger partial charge in [-0.15, -0.1) is 0 Å². The van der Waals surface area contributed by atoms with Crippen LogP contribution in [-0.2, 0) is 20.2 Å². The molecule has 0 radical (unpaired) electrons. The first kappa shape index (κ1) is 36.8. The van der Waals surface area contributed by atoms with E-state index in [0.717, 1.165) is 0 Å². The Bertz CT molecular complexity index is 1990. The lowest BCUT2D eigenvalue weighted by molar-refractivity contribution is 0.279. The number of aryl methyl sites for hydroxylation is 1. The number of ether oxygens (including phenoxy) is 1. The van der Waals surface area contributed by atoms with Gasteiger partial charge < -0.3 is 35.8 Å². The molecule has 0 aliphatic heterocycles. The van der Waals surface area contributed by atoms with E-state index in [-0.39, 0.29) is 78.8 Å². The van der Waals surface area contributed by atoms with Gasteiger partial charge in [0.05, 0.1) is 26.1 Å².